The molecular formula is C20H28N2O7S. The van der Waals surface area contributed by atoms with E-state index in [-0.39, 0.29) is 41.8 Å². The van der Waals surface area contributed by atoms with Crippen LogP contribution in [0.15, 0.2) is 23.1 Å². The van der Waals surface area contributed by atoms with Gasteiger partial charge in [0, 0.05) is 26.2 Å². The van der Waals surface area contributed by atoms with Crippen LogP contribution in [0, 0.1) is 5.92 Å². The first-order valence-corrected chi connectivity index (χ1v) is 11.5. The fraction of sp³-hybridized carbons (Fsp3) is 0.600. The summed E-state index contributed by atoms with van der Waals surface area (Å²) in [5.74, 6) is -0.279. The van der Waals surface area contributed by atoms with Crippen LogP contribution in [0.1, 0.15) is 30.1 Å². The van der Waals surface area contributed by atoms with Gasteiger partial charge in [-0.2, -0.15) is 4.31 Å². The normalized spacial score (nSPS) is 18.8. The summed E-state index contributed by atoms with van der Waals surface area (Å²) < 4.78 is 42.9. The number of carbonyl (C=O) groups excluding carboxylic acids is 2. The molecule has 0 radical (unpaired) electrons. The van der Waals surface area contributed by atoms with Crippen molar-refractivity contribution in [2.75, 3.05) is 53.1 Å². The highest BCUT2D eigenvalue weighted by Gasteiger charge is 2.30. The molecule has 9 nitrogen and oxygen atoms in total. The second-order valence-corrected chi connectivity index (χ2v) is 9.43. The van der Waals surface area contributed by atoms with Gasteiger partial charge in [-0.1, -0.05) is 6.92 Å². The molecule has 2 aliphatic rings. The van der Waals surface area contributed by atoms with Gasteiger partial charge in [0.1, 0.15) is 10.6 Å². The molecule has 10 heteroatoms. The summed E-state index contributed by atoms with van der Waals surface area (Å²) in [5, 5.41) is 0. The Kier molecular flexibility index (Phi) is 7.32. The Labute approximate surface area is 176 Å². The molecule has 30 heavy (non-hydrogen) atoms. The van der Waals surface area contributed by atoms with Crippen LogP contribution in [0.3, 0.4) is 0 Å². The molecule has 0 saturated carbocycles. The van der Waals surface area contributed by atoms with Gasteiger partial charge in [-0.3, -0.25) is 4.79 Å². The quantitative estimate of drug-likeness (QED) is 0.611. The fourth-order valence-corrected chi connectivity index (χ4v) is 5.08. The van der Waals surface area contributed by atoms with E-state index in [0.717, 1.165) is 12.8 Å². The second kappa shape index (κ2) is 9.76. The summed E-state index contributed by atoms with van der Waals surface area (Å²) in [6, 6.07) is 4.07. The molecule has 0 N–H and O–H groups in total. The molecule has 166 valence electrons. The molecule has 0 spiro atoms. The minimum atomic E-state index is -3.87. The minimum Gasteiger partial charge on any atom is -0.495 e. The number of likely N-dealkylation sites (tertiary alicyclic amines) is 1. The smallest absolute Gasteiger partial charge is 0.338 e. The van der Waals surface area contributed by atoms with E-state index in [4.69, 9.17) is 14.2 Å². The van der Waals surface area contributed by atoms with E-state index in [1.165, 1.54) is 29.6 Å². The molecule has 0 unspecified atom stereocenters. The van der Waals surface area contributed by atoms with E-state index in [2.05, 4.69) is 6.92 Å². The van der Waals surface area contributed by atoms with Gasteiger partial charge in [-0.05, 0) is 37.0 Å². The molecule has 0 atom stereocenters. The monoisotopic (exact) mass is 440 g/mol. The first kappa shape index (κ1) is 22.5. The standard InChI is InChI=1S/C20H28N2O7S/c1-15-5-7-21(8-6-15)19(23)14-29-20(24)16-3-4-17(27-2)18(13-16)30(25,26)22-9-11-28-12-10-22/h3-4,13,15H,5-12,14H2,1-2H3. The zero-order valence-corrected chi connectivity index (χ0v) is 18.2. The van der Waals surface area contributed by atoms with Gasteiger partial charge in [0.2, 0.25) is 10.0 Å². The summed E-state index contributed by atoms with van der Waals surface area (Å²) in [7, 11) is -2.50. The van der Waals surface area contributed by atoms with Gasteiger partial charge in [0.05, 0.1) is 25.9 Å². The molecule has 1 aromatic rings. The van der Waals surface area contributed by atoms with E-state index in [0.29, 0.717) is 32.2 Å². The van der Waals surface area contributed by atoms with Gasteiger partial charge in [0.15, 0.2) is 6.61 Å². The van der Waals surface area contributed by atoms with Crippen molar-refractivity contribution in [3.63, 3.8) is 0 Å². The highest BCUT2D eigenvalue weighted by molar-refractivity contribution is 7.89. The number of sulfonamides is 1. The molecule has 1 amide bonds. The number of morpholine rings is 1. The highest BCUT2D eigenvalue weighted by atomic mass is 32.2. The van der Waals surface area contributed by atoms with Crippen molar-refractivity contribution in [2.24, 2.45) is 5.92 Å². The van der Waals surface area contributed by atoms with Crippen LogP contribution in [0.25, 0.3) is 0 Å². The number of esters is 1. The Bertz CT molecular complexity index is 873. The maximum atomic E-state index is 13.0. The third-order valence-corrected chi connectivity index (χ3v) is 7.37. The topological polar surface area (TPSA) is 102 Å². The van der Waals surface area contributed by atoms with Gasteiger partial charge < -0.3 is 19.1 Å². The zero-order chi connectivity index (χ0) is 21.7. The zero-order valence-electron chi connectivity index (χ0n) is 17.3. The summed E-state index contributed by atoms with van der Waals surface area (Å²) >= 11 is 0. The van der Waals surface area contributed by atoms with E-state index < -0.39 is 16.0 Å². The molecule has 0 aromatic heterocycles. The fourth-order valence-electron chi connectivity index (χ4n) is 3.49. The van der Waals surface area contributed by atoms with Crippen LogP contribution in [-0.2, 0) is 24.3 Å². The maximum absolute atomic E-state index is 13.0. The molecule has 2 aliphatic heterocycles. The van der Waals surface area contributed by atoms with Crippen LogP contribution < -0.4 is 4.74 Å². The third-order valence-electron chi connectivity index (χ3n) is 5.45. The van der Waals surface area contributed by atoms with Gasteiger partial charge in [-0.25, -0.2) is 13.2 Å². The van der Waals surface area contributed by atoms with Crippen molar-refractivity contribution in [1.29, 1.82) is 0 Å². The predicted molar refractivity (Wildman–Crippen MR) is 108 cm³/mol. The van der Waals surface area contributed by atoms with Crippen LogP contribution in [0.5, 0.6) is 5.75 Å². The predicted octanol–water partition coefficient (Wildman–Crippen LogP) is 1.13. The second-order valence-electron chi connectivity index (χ2n) is 7.52. The maximum Gasteiger partial charge on any atom is 0.338 e. The average Bonchev–Trinajstić information content (AvgIpc) is 2.77. The average molecular weight is 441 g/mol. The molecule has 0 bridgehead atoms. The van der Waals surface area contributed by atoms with Gasteiger partial charge in [0.25, 0.3) is 5.91 Å². The number of amides is 1. The lowest BCUT2D eigenvalue weighted by molar-refractivity contribution is -0.135. The molecule has 0 aliphatic carbocycles. The lowest BCUT2D eigenvalue weighted by Crippen LogP contribution is -2.40. The van der Waals surface area contributed by atoms with Crippen molar-refractivity contribution >= 4 is 21.9 Å². The lowest BCUT2D eigenvalue weighted by Gasteiger charge is -2.30. The number of benzene rings is 1. The molecule has 2 saturated heterocycles. The molecule has 2 heterocycles. The van der Waals surface area contributed by atoms with Crippen molar-refractivity contribution in [1.82, 2.24) is 9.21 Å². The van der Waals surface area contributed by atoms with Gasteiger partial charge >= 0.3 is 5.97 Å². The summed E-state index contributed by atoms with van der Waals surface area (Å²) in [4.78, 5) is 26.3. The first-order valence-electron chi connectivity index (χ1n) is 10.0. The molecular weight excluding hydrogens is 412 g/mol. The van der Waals surface area contributed by atoms with Crippen molar-refractivity contribution < 1.29 is 32.2 Å². The number of hydrogen-bond acceptors (Lipinski definition) is 7. The number of carbonyl (C=O) groups is 2. The largest absolute Gasteiger partial charge is 0.495 e. The SMILES string of the molecule is COc1ccc(C(=O)OCC(=O)N2CCC(C)CC2)cc1S(=O)(=O)N1CCOCC1. The lowest BCUT2D eigenvalue weighted by atomic mass is 9.99. The Balaban J connectivity index is 1.70. The Morgan fingerprint density at radius 2 is 1.80 bits per heavy atom. The van der Waals surface area contributed by atoms with Crippen LogP contribution in [0.4, 0.5) is 0 Å². The van der Waals surface area contributed by atoms with Gasteiger partial charge in [-0.15, -0.1) is 0 Å². The minimum absolute atomic E-state index is 0.0442. The first-order chi connectivity index (χ1) is 14.3. The number of ether oxygens (including phenoxy) is 3. The third kappa shape index (κ3) is 5.11. The molecule has 1 aromatic carbocycles. The Morgan fingerprint density at radius 3 is 2.43 bits per heavy atom. The van der Waals surface area contributed by atoms with E-state index in [1.807, 2.05) is 0 Å². The van der Waals surface area contributed by atoms with Crippen LogP contribution in [0.2, 0.25) is 0 Å². The summed E-state index contributed by atoms with van der Waals surface area (Å²) in [5.41, 5.74) is 0.0442. The highest BCUT2D eigenvalue weighted by Crippen LogP contribution is 2.28. The molecule has 3 rings (SSSR count). The Morgan fingerprint density at radius 1 is 1.13 bits per heavy atom. The number of piperidine rings is 1. The summed E-state index contributed by atoms with van der Waals surface area (Å²) in [6.45, 7) is 4.15. The van der Waals surface area contributed by atoms with Crippen LogP contribution >= 0.6 is 0 Å². The van der Waals surface area contributed by atoms with E-state index in [1.54, 1.807) is 4.90 Å². The van der Waals surface area contributed by atoms with Crippen LogP contribution in [-0.4, -0.2) is 82.6 Å². The number of methoxy groups -OCH3 is 1. The number of hydrogen-bond donors (Lipinski definition) is 0. The Hall–Kier alpha value is -2.17. The van der Waals surface area contributed by atoms with E-state index >= 15 is 0 Å². The number of nitrogens with zero attached hydrogens (tertiary/aromatic N) is 2. The van der Waals surface area contributed by atoms with Crippen molar-refractivity contribution in [3.05, 3.63) is 23.8 Å². The van der Waals surface area contributed by atoms with Crippen molar-refractivity contribution in [3.8, 4) is 5.75 Å². The van der Waals surface area contributed by atoms with E-state index in [9.17, 15) is 18.0 Å². The molecule has 2 fully saturated rings. The summed E-state index contributed by atoms with van der Waals surface area (Å²) in [6.07, 6.45) is 1.86. The van der Waals surface area contributed by atoms with Crippen molar-refractivity contribution in [2.45, 2.75) is 24.7 Å². The number of rotatable bonds is 6.